The number of benzene rings is 1. The van der Waals surface area contributed by atoms with Gasteiger partial charge in [0.2, 0.25) is 0 Å². The van der Waals surface area contributed by atoms with Crippen LogP contribution in [-0.4, -0.2) is 26.8 Å². The molecule has 0 aromatic heterocycles. The lowest BCUT2D eigenvalue weighted by atomic mass is 10.1. The molecule has 0 amide bonds. The molecule has 0 aliphatic heterocycles. The normalized spacial score (nSPS) is 10.4. The number of ether oxygens (including phenoxy) is 1. The summed E-state index contributed by atoms with van der Waals surface area (Å²) in [7, 11) is 1.72. The van der Waals surface area contributed by atoms with Crippen molar-refractivity contribution in [2.45, 2.75) is 6.42 Å². The van der Waals surface area contributed by atoms with Crippen molar-refractivity contribution in [3.63, 3.8) is 0 Å². The molecule has 78 valence electrons. The third-order valence-electron chi connectivity index (χ3n) is 1.99. The van der Waals surface area contributed by atoms with Crippen molar-refractivity contribution in [1.29, 1.82) is 0 Å². The minimum atomic E-state index is 0.784. The molecule has 1 aromatic carbocycles. The number of hydrogen-bond acceptors (Lipinski definition) is 2. The predicted octanol–water partition coefficient (Wildman–Crippen LogP) is 2.07. The average molecular weight is 305 g/mol. The maximum absolute atomic E-state index is 4.95. The Bertz CT molecular complexity index is 248. The van der Waals surface area contributed by atoms with Crippen molar-refractivity contribution in [2.75, 3.05) is 26.8 Å². The average Bonchev–Trinajstić information content (AvgIpc) is 2.21. The second-order valence-electron chi connectivity index (χ2n) is 3.12. The Labute approximate surface area is 99.2 Å². The molecule has 1 rings (SSSR count). The number of halogens is 1. The standard InChI is InChI=1S/C11H16INO/c1-14-9-8-13-7-6-10-2-4-11(12)5-3-10/h2-5,13H,6-9H2,1H3. The third kappa shape index (κ3) is 4.93. The number of nitrogens with one attached hydrogen (secondary N) is 1. The van der Waals surface area contributed by atoms with Crippen LogP contribution in [0.4, 0.5) is 0 Å². The molecule has 0 bridgehead atoms. The zero-order chi connectivity index (χ0) is 10.2. The van der Waals surface area contributed by atoms with Crippen LogP contribution in [0.1, 0.15) is 5.56 Å². The first-order valence-corrected chi connectivity index (χ1v) is 5.85. The number of rotatable bonds is 6. The van der Waals surface area contributed by atoms with Crippen molar-refractivity contribution in [3.8, 4) is 0 Å². The lowest BCUT2D eigenvalue weighted by Crippen LogP contribution is -2.21. The maximum atomic E-state index is 4.95. The molecule has 0 radical (unpaired) electrons. The Hall–Kier alpha value is -0.130. The monoisotopic (exact) mass is 305 g/mol. The van der Waals surface area contributed by atoms with Gasteiger partial charge in [0.1, 0.15) is 0 Å². The van der Waals surface area contributed by atoms with E-state index in [9.17, 15) is 0 Å². The van der Waals surface area contributed by atoms with Gasteiger partial charge in [-0.1, -0.05) is 12.1 Å². The molecule has 0 spiro atoms. The van der Waals surface area contributed by atoms with Crippen LogP contribution in [-0.2, 0) is 11.2 Å². The SMILES string of the molecule is COCCNCCc1ccc(I)cc1. The summed E-state index contributed by atoms with van der Waals surface area (Å²) >= 11 is 2.32. The van der Waals surface area contributed by atoms with Gasteiger partial charge in [-0.2, -0.15) is 0 Å². The van der Waals surface area contributed by atoms with Gasteiger partial charge in [-0.3, -0.25) is 0 Å². The Kier molecular flexibility index (Phi) is 6.14. The molecule has 0 saturated heterocycles. The summed E-state index contributed by atoms with van der Waals surface area (Å²) in [5.41, 5.74) is 1.38. The zero-order valence-corrected chi connectivity index (χ0v) is 10.6. The first-order valence-electron chi connectivity index (χ1n) is 4.77. The molecular formula is C11H16INO. The van der Waals surface area contributed by atoms with Gasteiger partial charge in [0, 0.05) is 17.2 Å². The smallest absolute Gasteiger partial charge is 0.0587 e. The molecular weight excluding hydrogens is 289 g/mol. The van der Waals surface area contributed by atoms with Gasteiger partial charge in [0.15, 0.2) is 0 Å². The fraction of sp³-hybridized carbons (Fsp3) is 0.455. The highest BCUT2D eigenvalue weighted by atomic mass is 127. The van der Waals surface area contributed by atoms with Crippen LogP contribution < -0.4 is 5.32 Å². The van der Waals surface area contributed by atoms with E-state index in [4.69, 9.17) is 4.74 Å². The predicted molar refractivity (Wildman–Crippen MR) is 67.6 cm³/mol. The molecule has 1 N–H and O–H groups in total. The van der Waals surface area contributed by atoms with Crippen LogP contribution in [0.15, 0.2) is 24.3 Å². The first kappa shape index (κ1) is 11.9. The molecule has 0 atom stereocenters. The lowest BCUT2D eigenvalue weighted by molar-refractivity contribution is 0.199. The Morgan fingerprint density at radius 3 is 2.57 bits per heavy atom. The van der Waals surface area contributed by atoms with Gasteiger partial charge in [0.05, 0.1) is 6.61 Å². The van der Waals surface area contributed by atoms with Gasteiger partial charge in [-0.05, 0) is 53.3 Å². The topological polar surface area (TPSA) is 21.3 Å². The minimum absolute atomic E-state index is 0.784. The molecule has 0 fully saturated rings. The van der Waals surface area contributed by atoms with E-state index in [1.807, 2.05) is 0 Å². The van der Waals surface area contributed by atoms with E-state index >= 15 is 0 Å². The van der Waals surface area contributed by atoms with Crippen molar-refractivity contribution in [2.24, 2.45) is 0 Å². The van der Waals surface area contributed by atoms with Crippen LogP contribution >= 0.6 is 22.6 Å². The molecule has 0 unspecified atom stereocenters. The second-order valence-corrected chi connectivity index (χ2v) is 4.36. The van der Waals surface area contributed by atoms with Gasteiger partial charge in [0.25, 0.3) is 0 Å². The van der Waals surface area contributed by atoms with E-state index < -0.39 is 0 Å². The van der Waals surface area contributed by atoms with Crippen LogP contribution in [0.3, 0.4) is 0 Å². The van der Waals surface area contributed by atoms with E-state index in [1.54, 1.807) is 7.11 Å². The van der Waals surface area contributed by atoms with Gasteiger partial charge in [-0.15, -0.1) is 0 Å². The summed E-state index contributed by atoms with van der Waals surface area (Å²) in [5.74, 6) is 0. The zero-order valence-electron chi connectivity index (χ0n) is 8.42. The molecule has 0 aliphatic carbocycles. The van der Waals surface area contributed by atoms with E-state index in [1.165, 1.54) is 9.13 Å². The summed E-state index contributed by atoms with van der Waals surface area (Å²) in [4.78, 5) is 0. The van der Waals surface area contributed by atoms with Crippen molar-refractivity contribution in [1.82, 2.24) is 5.32 Å². The van der Waals surface area contributed by atoms with Gasteiger partial charge < -0.3 is 10.1 Å². The van der Waals surface area contributed by atoms with Crippen LogP contribution in [0.2, 0.25) is 0 Å². The van der Waals surface area contributed by atoms with E-state index in [-0.39, 0.29) is 0 Å². The highest BCUT2D eigenvalue weighted by molar-refractivity contribution is 14.1. The second kappa shape index (κ2) is 7.20. The van der Waals surface area contributed by atoms with E-state index in [0.717, 1.165) is 26.1 Å². The first-order chi connectivity index (χ1) is 6.83. The van der Waals surface area contributed by atoms with Crippen LogP contribution in [0.25, 0.3) is 0 Å². The summed E-state index contributed by atoms with van der Waals surface area (Å²) in [6.07, 6.45) is 1.08. The minimum Gasteiger partial charge on any atom is -0.383 e. The van der Waals surface area contributed by atoms with Gasteiger partial charge >= 0.3 is 0 Å². The van der Waals surface area contributed by atoms with Crippen molar-refractivity contribution < 1.29 is 4.74 Å². The van der Waals surface area contributed by atoms with Crippen molar-refractivity contribution in [3.05, 3.63) is 33.4 Å². The maximum Gasteiger partial charge on any atom is 0.0587 e. The molecule has 3 heteroatoms. The molecule has 14 heavy (non-hydrogen) atoms. The summed E-state index contributed by atoms with van der Waals surface area (Å²) in [6, 6.07) is 8.65. The van der Waals surface area contributed by atoms with Crippen LogP contribution in [0, 0.1) is 3.57 Å². The summed E-state index contributed by atoms with van der Waals surface area (Å²) < 4.78 is 6.24. The third-order valence-corrected chi connectivity index (χ3v) is 2.71. The molecule has 1 aromatic rings. The summed E-state index contributed by atoms with van der Waals surface area (Å²) in [6.45, 7) is 2.73. The fourth-order valence-corrected chi connectivity index (χ4v) is 1.54. The quantitative estimate of drug-likeness (QED) is 0.642. The molecule has 2 nitrogen and oxygen atoms in total. The summed E-state index contributed by atoms with van der Waals surface area (Å²) in [5, 5.41) is 3.32. The molecule has 0 aliphatic rings. The van der Waals surface area contributed by atoms with Gasteiger partial charge in [-0.25, -0.2) is 0 Å². The van der Waals surface area contributed by atoms with Crippen molar-refractivity contribution >= 4 is 22.6 Å². The molecule has 0 heterocycles. The van der Waals surface area contributed by atoms with E-state index in [0.29, 0.717) is 0 Å². The Morgan fingerprint density at radius 2 is 1.93 bits per heavy atom. The largest absolute Gasteiger partial charge is 0.383 e. The fourth-order valence-electron chi connectivity index (χ4n) is 1.18. The van der Waals surface area contributed by atoms with E-state index in [2.05, 4.69) is 52.2 Å². The van der Waals surface area contributed by atoms with Crippen LogP contribution in [0.5, 0.6) is 0 Å². The number of hydrogen-bond donors (Lipinski definition) is 1. The number of methoxy groups -OCH3 is 1. The lowest BCUT2D eigenvalue weighted by Gasteiger charge is -2.04. The Balaban J connectivity index is 2.15. The highest BCUT2D eigenvalue weighted by Gasteiger charge is 1.92. The molecule has 0 saturated carbocycles. The highest BCUT2D eigenvalue weighted by Crippen LogP contribution is 2.06. The Morgan fingerprint density at radius 1 is 1.21 bits per heavy atom.